The number of aromatic nitrogens is 1. The first-order valence-electron chi connectivity index (χ1n) is 8.53. The number of hydrogen-bond acceptors (Lipinski definition) is 9. The Kier molecular flexibility index (Phi) is 6.74. The molecular formula is C19H14ClIN2O6S2+. The number of benzene rings is 2. The summed E-state index contributed by atoms with van der Waals surface area (Å²) in [5.41, 5.74) is 1.11. The lowest BCUT2D eigenvalue weighted by Crippen LogP contribution is -3.86. The van der Waals surface area contributed by atoms with Gasteiger partial charge in [-0.15, -0.1) is 0 Å². The number of rotatable bonds is 7. The quantitative estimate of drug-likeness (QED) is 0.249. The summed E-state index contributed by atoms with van der Waals surface area (Å²) in [5.74, 6) is 0.348. The molecule has 0 aliphatic carbocycles. The smallest absolute Gasteiger partial charge is 0.497 e. The van der Waals surface area contributed by atoms with Gasteiger partial charge in [-0.05, 0) is 53.9 Å². The Hall–Kier alpha value is -1.84. The molecule has 12 heteroatoms. The molecule has 2 aromatic carbocycles. The van der Waals surface area contributed by atoms with Crippen molar-refractivity contribution in [3.63, 3.8) is 0 Å². The lowest BCUT2D eigenvalue weighted by Gasteiger charge is -2.09. The normalized spacial score (nSPS) is 11.8. The van der Waals surface area contributed by atoms with Gasteiger partial charge >= 0.3 is 20.2 Å². The molecule has 0 aliphatic rings. The van der Waals surface area contributed by atoms with Crippen LogP contribution in [0.15, 0.2) is 60.0 Å². The van der Waals surface area contributed by atoms with E-state index in [1.54, 1.807) is 55.0 Å². The maximum atomic E-state index is 12.6. The summed E-state index contributed by atoms with van der Waals surface area (Å²) in [7, 11) is -2.98. The molecule has 0 fully saturated rings. The molecule has 2 heterocycles. The number of hydrogen-bond donors (Lipinski definition) is 1. The van der Waals surface area contributed by atoms with E-state index >= 15 is 0 Å². The summed E-state index contributed by atoms with van der Waals surface area (Å²) in [6, 6.07) is 15.3. The largest absolute Gasteiger partial charge is 0.497 e. The van der Waals surface area contributed by atoms with Crippen LogP contribution in [-0.4, -0.2) is 18.0 Å². The SMILES string of the molecule is COc1ccc2nc(NC(=O)c3ccc([I+](O[Cl+3]([O-])([O-])[O-])c4cccs4)cc3)sc2c1. The fraction of sp³-hybridized carbons (Fsp3) is 0.0526. The van der Waals surface area contributed by atoms with Gasteiger partial charge in [-0.25, -0.2) is 4.98 Å². The Balaban J connectivity index is 1.52. The third-order valence-electron chi connectivity index (χ3n) is 3.91. The van der Waals surface area contributed by atoms with Crippen LogP contribution in [0.4, 0.5) is 5.13 Å². The minimum absolute atomic E-state index is 0.357. The van der Waals surface area contributed by atoms with Crippen LogP contribution in [0.5, 0.6) is 5.75 Å². The molecule has 1 N–H and O–H groups in total. The summed E-state index contributed by atoms with van der Waals surface area (Å²) in [4.78, 5) is 17.0. The number of thiophene rings is 1. The first-order chi connectivity index (χ1) is 14.8. The van der Waals surface area contributed by atoms with Crippen LogP contribution >= 0.6 is 22.7 Å². The van der Waals surface area contributed by atoms with Crippen LogP contribution in [0.25, 0.3) is 10.2 Å². The Bertz CT molecular complexity index is 1190. The molecule has 0 saturated heterocycles. The van der Waals surface area contributed by atoms with Gasteiger partial charge in [-0.3, -0.25) is 10.1 Å². The van der Waals surface area contributed by atoms with Crippen molar-refractivity contribution in [1.82, 2.24) is 4.98 Å². The number of fused-ring (bicyclic) bond motifs is 1. The molecule has 8 nitrogen and oxygen atoms in total. The third kappa shape index (κ3) is 5.51. The van der Waals surface area contributed by atoms with Gasteiger partial charge in [0, 0.05) is 11.6 Å². The standard InChI is InChI=1S/C19H14ClIN2O6S2/c1-28-14-8-9-15-16(11-14)31-19(22-15)23-18(24)12-4-6-13(7-5-12)21(29-20(25,26)27)17-3-2-10-30-17/h2-11H,1H3,(H,22,23,24)/q+1. The lowest BCUT2D eigenvalue weighted by molar-refractivity contribution is -1.95. The highest BCUT2D eigenvalue weighted by molar-refractivity contribution is 7.22. The van der Waals surface area contributed by atoms with Crippen molar-refractivity contribution in [3.05, 3.63) is 72.0 Å². The van der Waals surface area contributed by atoms with Crippen molar-refractivity contribution in [2.24, 2.45) is 0 Å². The van der Waals surface area contributed by atoms with E-state index in [9.17, 15) is 18.8 Å². The summed E-state index contributed by atoms with van der Waals surface area (Å²) >= 11 is -0.282. The second kappa shape index (κ2) is 9.34. The zero-order chi connectivity index (χ0) is 22.0. The molecular weight excluding hydrogens is 579 g/mol. The van der Waals surface area contributed by atoms with Crippen molar-refractivity contribution in [2.75, 3.05) is 12.4 Å². The highest BCUT2D eigenvalue weighted by Gasteiger charge is 2.48. The molecule has 1 amide bonds. The molecule has 0 atom stereocenters. The van der Waals surface area contributed by atoms with E-state index < -0.39 is 30.5 Å². The van der Waals surface area contributed by atoms with Crippen molar-refractivity contribution >= 4 is 43.9 Å². The highest BCUT2D eigenvalue weighted by Crippen LogP contribution is 2.29. The minimum atomic E-state index is -4.56. The summed E-state index contributed by atoms with van der Waals surface area (Å²) in [6.45, 7) is 0. The number of amides is 1. The van der Waals surface area contributed by atoms with Crippen LogP contribution in [0.3, 0.4) is 0 Å². The van der Waals surface area contributed by atoms with E-state index in [-0.39, 0.29) is 5.91 Å². The average Bonchev–Trinajstić information content (AvgIpc) is 3.40. The van der Waals surface area contributed by atoms with E-state index in [2.05, 4.69) is 10.3 Å². The number of methoxy groups -OCH3 is 1. The number of thiazole rings is 1. The maximum absolute atomic E-state index is 12.6. The van der Waals surface area contributed by atoms with Gasteiger partial charge in [0.05, 0.1) is 17.3 Å². The van der Waals surface area contributed by atoms with Crippen molar-refractivity contribution < 1.29 is 56.6 Å². The zero-order valence-electron chi connectivity index (χ0n) is 15.7. The van der Waals surface area contributed by atoms with Crippen LogP contribution in [-0.2, 0) is 2.62 Å². The molecule has 4 rings (SSSR count). The van der Waals surface area contributed by atoms with Crippen molar-refractivity contribution in [3.8, 4) is 5.75 Å². The van der Waals surface area contributed by atoms with Gasteiger partial charge in [0.2, 0.25) is 0 Å². The van der Waals surface area contributed by atoms with Gasteiger partial charge in [0.25, 0.3) is 11.4 Å². The van der Waals surface area contributed by atoms with Crippen LogP contribution in [0.1, 0.15) is 10.4 Å². The third-order valence-corrected chi connectivity index (χ3v) is 12.9. The van der Waals surface area contributed by atoms with E-state index in [1.807, 2.05) is 12.1 Å². The summed E-state index contributed by atoms with van der Waals surface area (Å²) < 4.78 is 45.7. The lowest BCUT2D eigenvalue weighted by atomic mass is 10.2. The first kappa shape index (κ1) is 22.4. The molecule has 4 aromatic rings. The molecule has 0 aliphatic heterocycles. The maximum Gasteiger partial charge on any atom is 0.497 e. The van der Waals surface area contributed by atoms with Gasteiger partial charge < -0.3 is 4.74 Å². The second-order valence-electron chi connectivity index (χ2n) is 5.92. The summed E-state index contributed by atoms with van der Waals surface area (Å²) in [6.07, 6.45) is 0. The molecule has 0 spiro atoms. The molecule has 1 radical (unpaired) electrons. The molecule has 0 saturated carbocycles. The van der Waals surface area contributed by atoms with Crippen LogP contribution in [0.2, 0.25) is 0 Å². The second-order valence-corrected chi connectivity index (χ2v) is 14.3. The van der Waals surface area contributed by atoms with E-state index in [0.717, 1.165) is 10.2 Å². The number of carbonyl (C=O) groups is 1. The predicted octanol–water partition coefficient (Wildman–Crippen LogP) is -1.89. The number of anilines is 1. The Morgan fingerprint density at radius 1 is 1.13 bits per heavy atom. The molecule has 0 bridgehead atoms. The molecule has 31 heavy (non-hydrogen) atoms. The van der Waals surface area contributed by atoms with E-state index in [4.69, 9.17) is 7.36 Å². The zero-order valence-corrected chi connectivity index (χ0v) is 20.3. The number of carbonyl (C=O) groups excluding carboxylic acids is 1. The van der Waals surface area contributed by atoms with E-state index in [1.165, 1.54) is 22.7 Å². The topological polar surface area (TPSA) is 130 Å². The van der Waals surface area contributed by atoms with Gasteiger partial charge in [-0.1, -0.05) is 22.7 Å². The Morgan fingerprint density at radius 3 is 2.55 bits per heavy atom. The van der Waals surface area contributed by atoms with Crippen LogP contribution in [0, 0.1) is 16.7 Å². The van der Waals surface area contributed by atoms with Gasteiger partial charge in [0.1, 0.15) is 16.0 Å². The summed E-state index contributed by atoms with van der Waals surface area (Å²) in [5, 5.41) is 5.00. The van der Waals surface area contributed by atoms with Crippen molar-refractivity contribution in [2.45, 2.75) is 0 Å². The van der Waals surface area contributed by atoms with Crippen LogP contribution < -0.4 is 44.3 Å². The van der Waals surface area contributed by atoms with E-state index in [0.29, 0.717) is 22.9 Å². The number of nitrogens with zero attached hydrogens (tertiary/aromatic N) is 1. The average molecular weight is 593 g/mol. The first-order valence-corrected chi connectivity index (χ1v) is 14.5. The Labute approximate surface area is 194 Å². The minimum Gasteiger partial charge on any atom is -0.497 e. The van der Waals surface area contributed by atoms with Gasteiger partial charge in [-0.2, -0.15) is 14.0 Å². The predicted molar refractivity (Wildman–Crippen MR) is 103 cm³/mol. The molecule has 2 aromatic heterocycles. The Morgan fingerprint density at radius 2 is 1.90 bits per heavy atom. The van der Waals surface area contributed by atoms with Crippen molar-refractivity contribution in [1.29, 1.82) is 0 Å². The van der Waals surface area contributed by atoms with Gasteiger partial charge in [0.15, 0.2) is 8.70 Å². The number of ether oxygens (including phenoxy) is 1. The molecule has 0 unspecified atom stereocenters. The highest BCUT2D eigenvalue weighted by atomic mass is 127. The fourth-order valence-electron chi connectivity index (χ4n) is 2.57. The number of nitrogens with one attached hydrogen (secondary N) is 1. The fourth-order valence-corrected chi connectivity index (χ4v) is 10.9. The molecule has 161 valence electrons. The monoisotopic (exact) mass is 592 g/mol. The number of halogens is 2.